The van der Waals surface area contributed by atoms with Gasteiger partial charge in [-0.25, -0.2) is 4.39 Å². The third-order valence-electron chi connectivity index (χ3n) is 3.40. The Morgan fingerprint density at radius 3 is 2.96 bits per heavy atom. The average Bonchev–Trinajstić information content (AvgIpc) is 3.21. The molecule has 3 aromatic rings. The van der Waals surface area contributed by atoms with Gasteiger partial charge in [-0.3, -0.25) is 0 Å². The molecule has 0 aliphatic rings. The van der Waals surface area contributed by atoms with Crippen LogP contribution in [0.25, 0.3) is 11.4 Å². The van der Waals surface area contributed by atoms with Gasteiger partial charge < -0.3 is 8.94 Å². The maximum absolute atomic E-state index is 13.6. The number of nitrogens with zero attached hydrogens (tertiary/aromatic N) is 2. The van der Waals surface area contributed by atoms with Crippen molar-refractivity contribution in [2.45, 2.75) is 25.5 Å². The molecule has 0 radical (unpaired) electrons. The highest BCUT2D eigenvalue weighted by Gasteiger charge is 2.10. The first kappa shape index (κ1) is 15.8. The van der Waals surface area contributed by atoms with Crippen LogP contribution in [0.5, 0.6) is 0 Å². The lowest BCUT2D eigenvalue weighted by Crippen LogP contribution is -1.90. The molecule has 3 rings (SSSR count). The highest BCUT2D eigenvalue weighted by molar-refractivity contribution is 7.98. The fourth-order valence-electron chi connectivity index (χ4n) is 2.10. The molecule has 4 nitrogen and oxygen atoms in total. The lowest BCUT2D eigenvalue weighted by atomic mass is 10.1. The lowest BCUT2D eigenvalue weighted by molar-refractivity contribution is 0.378. The molecule has 23 heavy (non-hydrogen) atoms. The van der Waals surface area contributed by atoms with E-state index in [0.29, 0.717) is 29.3 Å². The molecule has 0 fully saturated rings. The van der Waals surface area contributed by atoms with E-state index in [9.17, 15) is 4.39 Å². The minimum Gasteiger partial charge on any atom is -0.468 e. The quantitative estimate of drug-likeness (QED) is 0.590. The Kier molecular flexibility index (Phi) is 5.12. The Balaban J connectivity index is 1.48. The highest BCUT2D eigenvalue weighted by Crippen LogP contribution is 2.20. The van der Waals surface area contributed by atoms with Crippen LogP contribution in [0.1, 0.15) is 23.6 Å². The van der Waals surface area contributed by atoms with Crippen LogP contribution in [-0.4, -0.2) is 15.9 Å². The zero-order chi connectivity index (χ0) is 16.1. The second-order valence-corrected chi connectivity index (χ2v) is 6.32. The van der Waals surface area contributed by atoms with E-state index in [-0.39, 0.29) is 5.82 Å². The second kappa shape index (κ2) is 7.46. The van der Waals surface area contributed by atoms with Crippen LogP contribution in [0.15, 0.2) is 45.5 Å². The van der Waals surface area contributed by atoms with E-state index in [1.807, 2.05) is 12.1 Å². The van der Waals surface area contributed by atoms with Crippen molar-refractivity contribution < 1.29 is 13.3 Å². The number of halogens is 1. The first-order chi connectivity index (χ1) is 11.2. The molecule has 120 valence electrons. The van der Waals surface area contributed by atoms with E-state index in [4.69, 9.17) is 8.94 Å². The van der Waals surface area contributed by atoms with Gasteiger partial charge in [-0.05, 0) is 42.9 Å². The molecule has 6 heteroatoms. The van der Waals surface area contributed by atoms with Crippen molar-refractivity contribution in [3.05, 3.63) is 59.6 Å². The maximum atomic E-state index is 13.6. The Bertz CT molecular complexity index is 756. The summed E-state index contributed by atoms with van der Waals surface area (Å²) in [5.41, 5.74) is 1.24. The van der Waals surface area contributed by atoms with Crippen LogP contribution in [0.4, 0.5) is 4.39 Å². The highest BCUT2D eigenvalue weighted by atomic mass is 32.2. The van der Waals surface area contributed by atoms with Crippen LogP contribution >= 0.6 is 11.8 Å². The van der Waals surface area contributed by atoms with Gasteiger partial charge in [0.15, 0.2) is 0 Å². The first-order valence-electron chi connectivity index (χ1n) is 7.41. The van der Waals surface area contributed by atoms with Crippen LogP contribution in [0, 0.1) is 12.7 Å². The number of thioether (sulfide) groups is 1. The number of hydrogen-bond donors (Lipinski definition) is 0. The molecule has 0 bridgehead atoms. The molecule has 0 unspecified atom stereocenters. The average molecular weight is 332 g/mol. The van der Waals surface area contributed by atoms with Gasteiger partial charge in [-0.2, -0.15) is 16.7 Å². The standard InChI is InChI=1S/C17H17FN2O2S/c1-12-6-7-13(10-15(12)18)17-19-16(22-20-17)5-3-9-23-11-14-4-2-8-21-14/h2,4,6-8,10H,3,5,9,11H2,1H3. The van der Waals surface area contributed by atoms with Gasteiger partial charge in [0.05, 0.1) is 12.0 Å². The van der Waals surface area contributed by atoms with Crippen molar-refractivity contribution in [1.29, 1.82) is 0 Å². The zero-order valence-corrected chi connectivity index (χ0v) is 13.6. The van der Waals surface area contributed by atoms with Gasteiger partial charge in [0.1, 0.15) is 11.6 Å². The molecule has 2 heterocycles. The predicted octanol–water partition coefficient (Wildman–Crippen LogP) is 4.64. The molecule has 0 saturated carbocycles. The third-order valence-corrected chi connectivity index (χ3v) is 4.47. The van der Waals surface area contributed by atoms with Gasteiger partial charge in [0, 0.05) is 12.0 Å². The summed E-state index contributed by atoms with van der Waals surface area (Å²) >= 11 is 1.80. The van der Waals surface area contributed by atoms with Crippen LogP contribution in [-0.2, 0) is 12.2 Å². The van der Waals surface area contributed by atoms with E-state index < -0.39 is 0 Å². The molecular formula is C17H17FN2O2S. The summed E-state index contributed by atoms with van der Waals surface area (Å²) in [7, 11) is 0. The van der Waals surface area contributed by atoms with Gasteiger partial charge >= 0.3 is 0 Å². The molecule has 0 atom stereocenters. The van der Waals surface area contributed by atoms with Crippen LogP contribution < -0.4 is 0 Å². The molecular weight excluding hydrogens is 315 g/mol. The van der Waals surface area contributed by atoms with Crippen LogP contribution in [0.2, 0.25) is 0 Å². The number of hydrogen-bond acceptors (Lipinski definition) is 5. The predicted molar refractivity (Wildman–Crippen MR) is 87.6 cm³/mol. The first-order valence-corrected chi connectivity index (χ1v) is 8.57. The smallest absolute Gasteiger partial charge is 0.226 e. The molecule has 0 spiro atoms. The largest absolute Gasteiger partial charge is 0.468 e. The lowest BCUT2D eigenvalue weighted by Gasteiger charge is -1.98. The van der Waals surface area contributed by atoms with Gasteiger partial charge in [0.25, 0.3) is 0 Å². The van der Waals surface area contributed by atoms with Gasteiger partial charge in [-0.1, -0.05) is 17.3 Å². The van der Waals surface area contributed by atoms with E-state index in [2.05, 4.69) is 10.1 Å². The third kappa shape index (κ3) is 4.22. The molecule has 0 saturated heterocycles. The molecule has 0 N–H and O–H groups in total. The Morgan fingerprint density at radius 1 is 1.26 bits per heavy atom. The monoisotopic (exact) mass is 332 g/mol. The number of rotatable bonds is 7. The van der Waals surface area contributed by atoms with E-state index >= 15 is 0 Å². The van der Waals surface area contributed by atoms with Crippen molar-refractivity contribution in [3.63, 3.8) is 0 Å². The minimum atomic E-state index is -0.261. The van der Waals surface area contributed by atoms with Gasteiger partial charge in [-0.15, -0.1) is 0 Å². The molecule has 1 aromatic carbocycles. The summed E-state index contributed by atoms with van der Waals surface area (Å²) in [5.74, 6) is 3.59. The SMILES string of the molecule is Cc1ccc(-c2noc(CCCSCc3ccco3)n2)cc1F. The topological polar surface area (TPSA) is 52.1 Å². The van der Waals surface area contributed by atoms with E-state index in [1.54, 1.807) is 37.1 Å². The van der Waals surface area contributed by atoms with Crippen molar-refractivity contribution in [3.8, 4) is 11.4 Å². The van der Waals surface area contributed by atoms with E-state index in [0.717, 1.165) is 23.7 Å². The summed E-state index contributed by atoms with van der Waals surface area (Å²) in [4.78, 5) is 4.33. The Morgan fingerprint density at radius 2 is 2.17 bits per heavy atom. The fraction of sp³-hybridized carbons (Fsp3) is 0.294. The summed E-state index contributed by atoms with van der Waals surface area (Å²) in [6.07, 6.45) is 3.34. The number of furan rings is 1. The van der Waals surface area contributed by atoms with Crippen molar-refractivity contribution in [2.75, 3.05) is 5.75 Å². The number of aromatic nitrogens is 2. The minimum absolute atomic E-state index is 0.261. The van der Waals surface area contributed by atoms with Crippen LogP contribution in [0.3, 0.4) is 0 Å². The molecule has 0 amide bonds. The second-order valence-electron chi connectivity index (χ2n) is 5.21. The van der Waals surface area contributed by atoms with Crippen molar-refractivity contribution >= 4 is 11.8 Å². The molecule has 0 aliphatic carbocycles. The molecule has 0 aliphatic heterocycles. The Hall–Kier alpha value is -2.08. The summed E-state index contributed by atoms with van der Waals surface area (Å²) in [6, 6.07) is 8.81. The van der Waals surface area contributed by atoms with E-state index in [1.165, 1.54) is 6.07 Å². The summed E-state index contributed by atoms with van der Waals surface area (Å²) in [5, 5.41) is 3.92. The van der Waals surface area contributed by atoms with Crippen molar-refractivity contribution in [2.24, 2.45) is 0 Å². The summed E-state index contributed by atoms with van der Waals surface area (Å²) in [6.45, 7) is 1.72. The number of benzene rings is 1. The Labute approximate surface area is 138 Å². The molecule has 2 aromatic heterocycles. The van der Waals surface area contributed by atoms with Gasteiger partial charge in [0.2, 0.25) is 11.7 Å². The maximum Gasteiger partial charge on any atom is 0.226 e. The summed E-state index contributed by atoms with van der Waals surface area (Å²) < 4.78 is 24.1. The zero-order valence-electron chi connectivity index (χ0n) is 12.8. The fourth-order valence-corrected chi connectivity index (χ4v) is 2.96. The number of aryl methyl sites for hydroxylation is 2. The normalized spacial score (nSPS) is 11.0. The van der Waals surface area contributed by atoms with Crippen molar-refractivity contribution in [1.82, 2.24) is 10.1 Å².